The van der Waals surface area contributed by atoms with Crippen LogP contribution in [0.25, 0.3) is 0 Å². The highest BCUT2D eigenvalue weighted by Crippen LogP contribution is 2.21. The van der Waals surface area contributed by atoms with E-state index in [1.165, 1.54) is 0 Å². The summed E-state index contributed by atoms with van der Waals surface area (Å²) in [6, 6.07) is 5.29. The van der Waals surface area contributed by atoms with Gasteiger partial charge >= 0.3 is 0 Å². The number of benzene rings is 1. The predicted molar refractivity (Wildman–Crippen MR) is 66.6 cm³/mol. The first kappa shape index (κ1) is 13.0. The number of carbonyl (C=O) groups excluding carboxylic acids is 1. The summed E-state index contributed by atoms with van der Waals surface area (Å²) in [5, 5.41) is 0.573. The predicted octanol–water partition coefficient (Wildman–Crippen LogP) is 2.63. The molecule has 1 rings (SSSR count). The van der Waals surface area contributed by atoms with Crippen molar-refractivity contribution >= 4 is 23.6 Å². The maximum absolute atomic E-state index is 10.9. The summed E-state index contributed by atoms with van der Waals surface area (Å²) in [6.07, 6.45) is 0.818. The van der Waals surface area contributed by atoms with Gasteiger partial charge in [0.15, 0.2) is 6.29 Å². The van der Waals surface area contributed by atoms with Crippen LogP contribution in [-0.2, 0) is 4.74 Å². The minimum Gasteiger partial charge on any atom is -0.380 e. The van der Waals surface area contributed by atoms with Gasteiger partial charge in [-0.3, -0.25) is 4.79 Å². The molecule has 4 heteroatoms. The smallest absolute Gasteiger partial charge is 0.152 e. The van der Waals surface area contributed by atoms with Crippen molar-refractivity contribution in [1.82, 2.24) is 0 Å². The van der Waals surface area contributed by atoms with E-state index in [1.54, 1.807) is 12.1 Å². The van der Waals surface area contributed by atoms with Gasteiger partial charge in [0.25, 0.3) is 0 Å². The zero-order valence-corrected chi connectivity index (χ0v) is 10.3. The molecule has 3 nitrogen and oxygen atoms in total. The van der Waals surface area contributed by atoms with E-state index in [0.29, 0.717) is 23.8 Å². The van der Waals surface area contributed by atoms with Crippen LogP contribution in [0.1, 0.15) is 17.3 Å². The minimum atomic E-state index is 0.573. The van der Waals surface area contributed by atoms with E-state index in [4.69, 9.17) is 16.3 Å². The third-order valence-corrected chi connectivity index (χ3v) is 2.54. The van der Waals surface area contributed by atoms with Crippen LogP contribution < -0.4 is 4.90 Å². The zero-order valence-electron chi connectivity index (χ0n) is 9.57. The SMILES string of the molecule is CCOCCN(C)c1ccc(Cl)cc1C=O. The number of hydrogen-bond donors (Lipinski definition) is 0. The molecule has 0 N–H and O–H groups in total. The summed E-state index contributed by atoms with van der Waals surface area (Å²) in [6.45, 7) is 4.05. The van der Waals surface area contributed by atoms with E-state index in [0.717, 1.165) is 18.5 Å². The van der Waals surface area contributed by atoms with Crippen molar-refractivity contribution in [2.75, 3.05) is 31.7 Å². The van der Waals surface area contributed by atoms with E-state index < -0.39 is 0 Å². The molecule has 0 aliphatic rings. The molecular weight excluding hydrogens is 226 g/mol. The molecule has 0 aliphatic heterocycles. The molecule has 16 heavy (non-hydrogen) atoms. The molecule has 0 saturated carbocycles. The van der Waals surface area contributed by atoms with Gasteiger partial charge in [0, 0.05) is 36.5 Å². The van der Waals surface area contributed by atoms with Crippen molar-refractivity contribution in [3.05, 3.63) is 28.8 Å². The molecule has 0 bridgehead atoms. The summed E-state index contributed by atoms with van der Waals surface area (Å²) in [5.74, 6) is 0. The van der Waals surface area contributed by atoms with Crippen LogP contribution in [0.2, 0.25) is 5.02 Å². The molecule has 0 heterocycles. The number of aldehydes is 1. The summed E-state index contributed by atoms with van der Waals surface area (Å²) in [7, 11) is 1.93. The Morgan fingerprint density at radius 1 is 1.50 bits per heavy atom. The van der Waals surface area contributed by atoms with Gasteiger partial charge in [-0.25, -0.2) is 0 Å². The Bertz CT molecular complexity index is 355. The number of hydrogen-bond acceptors (Lipinski definition) is 3. The molecule has 0 atom stereocenters. The highest BCUT2D eigenvalue weighted by Gasteiger charge is 2.07. The van der Waals surface area contributed by atoms with Gasteiger partial charge in [0.1, 0.15) is 0 Å². The van der Waals surface area contributed by atoms with Gasteiger partial charge in [-0.05, 0) is 25.1 Å². The fraction of sp³-hybridized carbons (Fsp3) is 0.417. The van der Waals surface area contributed by atoms with Crippen LogP contribution in [0.15, 0.2) is 18.2 Å². The standard InChI is InChI=1S/C12H16ClNO2/c1-3-16-7-6-14(2)12-5-4-11(13)8-10(12)9-15/h4-5,8-9H,3,6-7H2,1-2H3. The van der Waals surface area contributed by atoms with Crippen LogP contribution in [0.5, 0.6) is 0 Å². The number of halogens is 1. The van der Waals surface area contributed by atoms with Crippen molar-refractivity contribution in [3.8, 4) is 0 Å². The van der Waals surface area contributed by atoms with E-state index in [2.05, 4.69) is 0 Å². The molecule has 88 valence electrons. The number of carbonyl (C=O) groups is 1. The fourth-order valence-electron chi connectivity index (χ4n) is 1.43. The van der Waals surface area contributed by atoms with Crippen molar-refractivity contribution in [2.24, 2.45) is 0 Å². The Morgan fingerprint density at radius 2 is 2.25 bits per heavy atom. The highest BCUT2D eigenvalue weighted by molar-refractivity contribution is 6.31. The molecule has 0 unspecified atom stereocenters. The molecule has 0 fully saturated rings. The third-order valence-electron chi connectivity index (χ3n) is 2.30. The second-order valence-electron chi connectivity index (χ2n) is 3.44. The Morgan fingerprint density at radius 3 is 2.88 bits per heavy atom. The summed E-state index contributed by atoms with van der Waals surface area (Å²) in [4.78, 5) is 12.9. The van der Waals surface area contributed by atoms with Gasteiger partial charge in [0.05, 0.1) is 6.61 Å². The molecule has 0 amide bonds. The number of anilines is 1. The van der Waals surface area contributed by atoms with Crippen molar-refractivity contribution in [2.45, 2.75) is 6.92 Å². The molecule has 1 aromatic rings. The van der Waals surface area contributed by atoms with Crippen LogP contribution in [0, 0.1) is 0 Å². The fourth-order valence-corrected chi connectivity index (χ4v) is 1.61. The summed E-state index contributed by atoms with van der Waals surface area (Å²) < 4.78 is 5.27. The molecule has 0 aromatic heterocycles. The van der Waals surface area contributed by atoms with Crippen molar-refractivity contribution < 1.29 is 9.53 Å². The van der Waals surface area contributed by atoms with E-state index in [1.807, 2.05) is 24.9 Å². The van der Waals surface area contributed by atoms with Crippen LogP contribution in [0.4, 0.5) is 5.69 Å². The molecule has 1 aromatic carbocycles. The van der Waals surface area contributed by atoms with Crippen LogP contribution in [-0.4, -0.2) is 33.1 Å². The number of nitrogens with zero attached hydrogens (tertiary/aromatic N) is 1. The summed E-state index contributed by atoms with van der Waals surface area (Å²) in [5.41, 5.74) is 1.48. The first-order chi connectivity index (χ1) is 7.69. The average Bonchev–Trinajstić information content (AvgIpc) is 2.29. The van der Waals surface area contributed by atoms with Crippen LogP contribution >= 0.6 is 11.6 Å². The molecule has 0 aliphatic carbocycles. The molecule has 0 spiro atoms. The summed E-state index contributed by atoms with van der Waals surface area (Å²) >= 11 is 5.82. The lowest BCUT2D eigenvalue weighted by Crippen LogP contribution is -2.23. The third kappa shape index (κ3) is 3.51. The number of likely N-dealkylation sites (N-methyl/N-ethyl adjacent to an activating group) is 1. The normalized spacial score (nSPS) is 10.2. The lowest BCUT2D eigenvalue weighted by Gasteiger charge is -2.20. The molecule has 0 radical (unpaired) electrons. The van der Waals surface area contributed by atoms with E-state index >= 15 is 0 Å². The molecular formula is C12H16ClNO2. The zero-order chi connectivity index (χ0) is 12.0. The highest BCUT2D eigenvalue weighted by atomic mass is 35.5. The Balaban J connectivity index is 2.74. The Labute approximate surface area is 101 Å². The second-order valence-corrected chi connectivity index (χ2v) is 3.88. The Kier molecular flexibility index (Phi) is 5.29. The topological polar surface area (TPSA) is 29.5 Å². The van der Waals surface area contributed by atoms with Crippen LogP contribution in [0.3, 0.4) is 0 Å². The van der Waals surface area contributed by atoms with Crippen molar-refractivity contribution in [1.29, 1.82) is 0 Å². The minimum absolute atomic E-state index is 0.573. The quantitative estimate of drug-likeness (QED) is 0.567. The Hall–Kier alpha value is -1.06. The van der Waals surface area contributed by atoms with Gasteiger partial charge in [-0.1, -0.05) is 11.6 Å². The van der Waals surface area contributed by atoms with Gasteiger partial charge < -0.3 is 9.64 Å². The average molecular weight is 242 g/mol. The molecule has 0 saturated heterocycles. The number of ether oxygens (including phenoxy) is 1. The maximum Gasteiger partial charge on any atom is 0.152 e. The van der Waals surface area contributed by atoms with Gasteiger partial charge in [0.2, 0.25) is 0 Å². The maximum atomic E-state index is 10.9. The van der Waals surface area contributed by atoms with E-state index in [-0.39, 0.29) is 0 Å². The van der Waals surface area contributed by atoms with Gasteiger partial charge in [-0.15, -0.1) is 0 Å². The monoisotopic (exact) mass is 241 g/mol. The largest absolute Gasteiger partial charge is 0.380 e. The second kappa shape index (κ2) is 6.51. The lowest BCUT2D eigenvalue weighted by atomic mass is 10.2. The van der Waals surface area contributed by atoms with Crippen molar-refractivity contribution in [3.63, 3.8) is 0 Å². The first-order valence-electron chi connectivity index (χ1n) is 5.22. The van der Waals surface area contributed by atoms with E-state index in [9.17, 15) is 4.79 Å². The first-order valence-corrected chi connectivity index (χ1v) is 5.60. The number of rotatable bonds is 6. The lowest BCUT2D eigenvalue weighted by molar-refractivity contribution is 0.112. The van der Waals surface area contributed by atoms with Gasteiger partial charge in [-0.2, -0.15) is 0 Å².